The average molecular weight is 504 g/mol. The molecule has 1 aromatic heterocycles. The number of fused-ring (bicyclic) bond motifs is 2. The van der Waals surface area contributed by atoms with Gasteiger partial charge in [-0.15, -0.1) is 0 Å². The van der Waals surface area contributed by atoms with Crippen LogP contribution in [0.2, 0.25) is 0 Å². The molecule has 0 bridgehead atoms. The summed E-state index contributed by atoms with van der Waals surface area (Å²) >= 11 is 7.08. The van der Waals surface area contributed by atoms with Crippen molar-refractivity contribution in [2.24, 2.45) is 0 Å². The number of hydrogen-bond acceptors (Lipinski definition) is 7. The van der Waals surface area contributed by atoms with Crippen LogP contribution in [0, 0.1) is 0 Å². The molecule has 0 fully saturated rings. The molecule has 5 rings (SSSR count). The first kappa shape index (κ1) is 17.4. The number of imidazole rings is 1. The van der Waals surface area contributed by atoms with Gasteiger partial charge in [-0.05, 0) is 50.1 Å². The standard InChI is InChI=1S/C18H12Br2N6O2/c19-11-4-22-5-12(20)10(11)6-26-7-23-16(21)15-18(26)25-17(24-15)9-1-2-13-14(3-9)28-8-27-13/h1-5,7H,6,8,21H2. The second kappa shape index (κ2) is 6.71. The van der Waals surface area contributed by atoms with Gasteiger partial charge in [-0.2, -0.15) is 0 Å². The lowest BCUT2D eigenvalue weighted by Crippen LogP contribution is -2.10. The second-order valence-corrected chi connectivity index (χ2v) is 7.84. The Bertz CT molecular complexity index is 1160. The third kappa shape index (κ3) is 2.89. The van der Waals surface area contributed by atoms with Gasteiger partial charge in [0, 0.05) is 32.5 Å². The number of nitrogen functional groups attached to an aromatic ring is 1. The summed E-state index contributed by atoms with van der Waals surface area (Å²) in [4.78, 5) is 17.7. The number of ether oxygens (including phenoxy) is 2. The quantitative estimate of drug-likeness (QED) is 0.454. The number of aromatic nitrogens is 5. The first-order valence-corrected chi connectivity index (χ1v) is 9.85. The summed E-state index contributed by atoms with van der Waals surface area (Å²) in [5.41, 5.74) is 8.44. The number of pyridine rings is 1. The molecule has 10 heteroatoms. The smallest absolute Gasteiger partial charge is 0.231 e. The first-order valence-electron chi connectivity index (χ1n) is 8.26. The fourth-order valence-corrected chi connectivity index (χ4v) is 4.17. The van der Waals surface area contributed by atoms with E-state index >= 15 is 0 Å². The van der Waals surface area contributed by atoms with Gasteiger partial charge in [-0.1, -0.05) is 0 Å². The van der Waals surface area contributed by atoms with Gasteiger partial charge in [0.05, 0.1) is 12.9 Å². The van der Waals surface area contributed by atoms with Crippen molar-refractivity contribution in [1.82, 2.24) is 24.5 Å². The molecule has 1 aromatic carbocycles. The normalized spacial score (nSPS) is 12.6. The van der Waals surface area contributed by atoms with Crippen molar-refractivity contribution in [3.63, 3.8) is 0 Å². The molecule has 0 atom stereocenters. The topological polar surface area (TPSA) is 101 Å². The van der Waals surface area contributed by atoms with Gasteiger partial charge in [0.1, 0.15) is 0 Å². The SMILES string of the molecule is Nc1ncn(Cc2c(Br)cncc2Br)c2nc(-c3ccc4c(c3)OCO4)nc1-2. The van der Waals surface area contributed by atoms with Crippen LogP contribution in [0.5, 0.6) is 11.5 Å². The van der Waals surface area contributed by atoms with Gasteiger partial charge >= 0.3 is 0 Å². The molecule has 8 nitrogen and oxygen atoms in total. The summed E-state index contributed by atoms with van der Waals surface area (Å²) in [6.07, 6.45) is 5.16. The molecule has 28 heavy (non-hydrogen) atoms. The van der Waals surface area contributed by atoms with E-state index in [0.717, 1.165) is 20.1 Å². The predicted molar refractivity (Wildman–Crippen MR) is 109 cm³/mol. The number of benzene rings is 1. The lowest BCUT2D eigenvalue weighted by molar-refractivity contribution is 0.174. The van der Waals surface area contributed by atoms with Crippen LogP contribution < -0.4 is 15.2 Å². The fourth-order valence-electron chi connectivity index (χ4n) is 2.99. The van der Waals surface area contributed by atoms with Crippen molar-refractivity contribution in [3.8, 4) is 34.4 Å². The van der Waals surface area contributed by atoms with Crippen molar-refractivity contribution in [1.29, 1.82) is 0 Å². The van der Waals surface area contributed by atoms with Crippen LogP contribution in [-0.2, 0) is 6.54 Å². The maximum Gasteiger partial charge on any atom is 0.231 e. The molecule has 0 saturated carbocycles. The van der Waals surface area contributed by atoms with Crippen molar-refractivity contribution < 1.29 is 9.47 Å². The Morgan fingerprint density at radius 2 is 1.86 bits per heavy atom. The zero-order valence-electron chi connectivity index (χ0n) is 14.3. The van der Waals surface area contributed by atoms with Crippen LogP contribution in [0.15, 0.2) is 45.9 Å². The van der Waals surface area contributed by atoms with Gasteiger partial charge in [0.15, 0.2) is 34.7 Å². The molecule has 0 amide bonds. The number of hydrogen-bond donors (Lipinski definition) is 1. The van der Waals surface area contributed by atoms with E-state index in [0.29, 0.717) is 41.2 Å². The van der Waals surface area contributed by atoms with E-state index in [1.807, 2.05) is 22.8 Å². The van der Waals surface area contributed by atoms with Crippen molar-refractivity contribution in [2.75, 3.05) is 12.5 Å². The Hall–Kier alpha value is -2.72. The van der Waals surface area contributed by atoms with Gasteiger partial charge in [-0.25, -0.2) is 15.0 Å². The van der Waals surface area contributed by atoms with E-state index in [9.17, 15) is 0 Å². The number of halogens is 2. The molecule has 2 aromatic rings. The Balaban J connectivity index is 1.60. The highest BCUT2D eigenvalue weighted by molar-refractivity contribution is 9.11. The molecule has 140 valence electrons. The van der Waals surface area contributed by atoms with Crippen LogP contribution >= 0.6 is 31.9 Å². The summed E-state index contributed by atoms with van der Waals surface area (Å²) in [5.74, 6) is 2.92. The maximum absolute atomic E-state index is 6.06. The minimum atomic E-state index is 0.217. The van der Waals surface area contributed by atoms with E-state index in [1.165, 1.54) is 0 Å². The molecule has 3 aliphatic rings. The monoisotopic (exact) mass is 502 g/mol. The fraction of sp³-hybridized carbons (Fsp3) is 0.111. The lowest BCUT2D eigenvalue weighted by atomic mass is 10.2. The van der Waals surface area contributed by atoms with Gasteiger partial charge in [-0.3, -0.25) is 4.98 Å². The second-order valence-electron chi connectivity index (χ2n) is 6.13. The van der Waals surface area contributed by atoms with E-state index in [1.54, 1.807) is 18.7 Å². The number of nitrogens with two attached hydrogens (primary N) is 1. The maximum atomic E-state index is 6.06. The number of anilines is 1. The molecular formula is C18H12Br2N6O2. The first-order chi connectivity index (χ1) is 13.6. The Morgan fingerprint density at radius 1 is 1.07 bits per heavy atom. The molecule has 0 spiro atoms. The highest BCUT2D eigenvalue weighted by Gasteiger charge is 2.22. The van der Waals surface area contributed by atoms with E-state index in [4.69, 9.17) is 20.2 Å². The lowest BCUT2D eigenvalue weighted by Gasteiger charge is -2.13. The average Bonchev–Trinajstić information content (AvgIpc) is 3.33. The minimum Gasteiger partial charge on any atom is -0.454 e. The van der Waals surface area contributed by atoms with Crippen molar-refractivity contribution in [2.45, 2.75) is 6.54 Å². The Morgan fingerprint density at radius 3 is 2.68 bits per heavy atom. The zero-order valence-corrected chi connectivity index (χ0v) is 17.4. The number of nitrogens with zero attached hydrogens (tertiary/aromatic N) is 5. The summed E-state index contributed by atoms with van der Waals surface area (Å²) < 4.78 is 14.5. The van der Waals surface area contributed by atoms with E-state index < -0.39 is 0 Å². The third-order valence-electron chi connectivity index (χ3n) is 4.40. The molecule has 0 radical (unpaired) electrons. The summed E-state index contributed by atoms with van der Waals surface area (Å²) in [6.45, 7) is 0.738. The van der Waals surface area contributed by atoms with Crippen LogP contribution in [0.1, 0.15) is 5.56 Å². The van der Waals surface area contributed by atoms with E-state index in [2.05, 4.69) is 46.8 Å². The molecule has 0 aliphatic carbocycles. The molecule has 0 unspecified atom stereocenters. The molecule has 3 aliphatic heterocycles. The van der Waals surface area contributed by atoms with Crippen LogP contribution in [0.25, 0.3) is 22.9 Å². The van der Waals surface area contributed by atoms with Gasteiger partial charge in [0.2, 0.25) is 6.79 Å². The summed E-state index contributed by atoms with van der Waals surface area (Å²) in [6, 6.07) is 5.60. The highest BCUT2D eigenvalue weighted by Crippen LogP contribution is 2.37. The molecule has 2 N–H and O–H groups in total. The van der Waals surface area contributed by atoms with Crippen LogP contribution in [0.4, 0.5) is 5.82 Å². The summed E-state index contributed by atoms with van der Waals surface area (Å²) in [7, 11) is 0. The molecule has 0 saturated heterocycles. The van der Waals surface area contributed by atoms with E-state index in [-0.39, 0.29) is 6.79 Å². The minimum absolute atomic E-state index is 0.217. The predicted octanol–water partition coefficient (Wildman–Crippen LogP) is 3.72. The summed E-state index contributed by atoms with van der Waals surface area (Å²) in [5, 5.41) is 0. The highest BCUT2D eigenvalue weighted by atomic mass is 79.9. The third-order valence-corrected chi connectivity index (χ3v) is 5.77. The van der Waals surface area contributed by atoms with Crippen LogP contribution in [0.3, 0.4) is 0 Å². The largest absolute Gasteiger partial charge is 0.454 e. The van der Waals surface area contributed by atoms with Crippen LogP contribution in [-0.4, -0.2) is 31.3 Å². The van der Waals surface area contributed by atoms with Gasteiger partial charge < -0.3 is 19.8 Å². The zero-order chi connectivity index (χ0) is 19.3. The Kier molecular flexibility index (Phi) is 4.17. The molecule has 4 heterocycles. The van der Waals surface area contributed by atoms with Gasteiger partial charge in [0.25, 0.3) is 0 Å². The van der Waals surface area contributed by atoms with Crippen molar-refractivity contribution in [3.05, 3.63) is 51.4 Å². The Labute approximate surface area is 176 Å². The molecular weight excluding hydrogens is 492 g/mol. The number of rotatable bonds is 3. The van der Waals surface area contributed by atoms with Crippen molar-refractivity contribution >= 4 is 37.7 Å².